The molecule has 0 aromatic heterocycles. The van der Waals surface area contributed by atoms with Gasteiger partial charge in [-0.1, -0.05) is 66.7 Å². The first-order valence-corrected chi connectivity index (χ1v) is 7.58. The van der Waals surface area contributed by atoms with Gasteiger partial charge in [0.05, 0.1) is 7.11 Å². The number of benzene rings is 3. The molecule has 23 heavy (non-hydrogen) atoms. The van der Waals surface area contributed by atoms with Crippen molar-refractivity contribution in [2.75, 3.05) is 7.11 Å². The predicted octanol–water partition coefficient (Wildman–Crippen LogP) is 4.79. The maximum atomic E-state index is 12.3. The summed E-state index contributed by atoms with van der Waals surface area (Å²) in [5.74, 6) is 0.973. The molecular formula is C21H18O2. The van der Waals surface area contributed by atoms with Gasteiger partial charge in [0.1, 0.15) is 5.75 Å². The second kappa shape index (κ2) is 6.93. The summed E-state index contributed by atoms with van der Waals surface area (Å²) in [7, 11) is 1.65. The van der Waals surface area contributed by atoms with Gasteiger partial charge in [-0.05, 0) is 28.8 Å². The van der Waals surface area contributed by atoms with Gasteiger partial charge in [0, 0.05) is 12.0 Å². The molecule has 0 spiro atoms. The highest BCUT2D eigenvalue weighted by Crippen LogP contribution is 2.23. The van der Waals surface area contributed by atoms with Crippen molar-refractivity contribution in [1.29, 1.82) is 0 Å². The fourth-order valence-corrected chi connectivity index (χ4v) is 2.52. The molecule has 2 heteroatoms. The Morgan fingerprint density at radius 2 is 1.35 bits per heavy atom. The molecule has 0 aliphatic carbocycles. The van der Waals surface area contributed by atoms with Crippen LogP contribution in [0.1, 0.15) is 15.9 Å². The van der Waals surface area contributed by atoms with E-state index in [1.807, 2.05) is 78.9 Å². The topological polar surface area (TPSA) is 26.3 Å². The standard InChI is InChI=1S/C21H18O2/c1-23-20-13-11-18(12-14-20)17-7-9-19(10-8-17)21(22)15-16-5-3-2-4-6-16/h2-14H,15H2,1H3. The van der Waals surface area contributed by atoms with Crippen LogP contribution in [0, 0.1) is 0 Å². The Labute approximate surface area is 136 Å². The minimum atomic E-state index is 0.137. The molecule has 2 nitrogen and oxygen atoms in total. The van der Waals surface area contributed by atoms with Gasteiger partial charge in [-0.15, -0.1) is 0 Å². The van der Waals surface area contributed by atoms with E-state index in [2.05, 4.69) is 0 Å². The summed E-state index contributed by atoms with van der Waals surface area (Å²) in [5, 5.41) is 0. The average Bonchev–Trinajstić information content (AvgIpc) is 2.63. The SMILES string of the molecule is COc1ccc(-c2ccc(C(=O)Cc3ccccc3)cc2)cc1. The third-order valence-corrected chi connectivity index (χ3v) is 3.84. The smallest absolute Gasteiger partial charge is 0.167 e. The lowest BCUT2D eigenvalue weighted by molar-refractivity contribution is 0.0993. The molecule has 0 aliphatic rings. The lowest BCUT2D eigenvalue weighted by Gasteiger charge is -2.06. The molecular weight excluding hydrogens is 284 g/mol. The molecule has 3 aromatic rings. The lowest BCUT2D eigenvalue weighted by atomic mass is 9.99. The third kappa shape index (κ3) is 3.67. The largest absolute Gasteiger partial charge is 0.497 e. The van der Waals surface area contributed by atoms with Crippen molar-refractivity contribution >= 4 is 5.78 Å². The van der Waals surface area contributed by atoms with Crippen molar-refractivity contribution in [2.24, 2.45) is 0 Å². The molecule has 0 saturated heterocycles. The summed E-state index contributed by atoms with van der Waals surface area (Å²) in [4.78, 5) is 12.3. The van der Waals surface area contributed by atoms with Gasteiger partial charge < -0.3 is 4.74 Å². The fourth-order valence-electron chi connectivity index (χ4n) is 2.52. The van der Waals surface area contributed by atoms with Crippen LogP contribution in [0.5, 0.6) is 5.75 Å². The first-order valence-electron chi connectivity index (χ1n) is 7.58. The van der Waals surface area contributed by atoms with Crippen molar-refractivity contribution in [3.63, 3.8) is 0 Å². The zero-order valence-electron chi connectivity index (χ0n) is 13.0. The van der Waals surface area contributed by atoms with Crippen LogP contribution in [0.4, 0.5) is 0 Å². The molecule has 0 fully saturated rings. The lowest BCUT2D eigenvalue weighted by Crippen LogP contribution is -2.03. The van der Waals surface area contributed by atoms with Gasteiger partial charge in [-0.25, -0.2) is 0 Å². The number of Topliss-reactive ketones (excluding diaryl/α,β-unsaturated/α-hetero) is 1. The minimum absolute atomic E-state index is 0.137. The van der Waals surface area contributed by atoms with E-state index in [4.69, 9.17) is 4.74 Å². The Kier molecular flexibility index (Phi) is 4.53. The molecule has 0 aliphatic heterocycles. The molecule has 3 aromatic carbocycles. The first kappa shape index (κ1) is 15.0. The quantitative estimate of drug-likeness (QED) is 0.634. The summed E-state index contributed by atoms with van der Waals surface area (Å²) >= 11 is 0. The van der Waals surface area contributed by atoms with Gasteiger partial charge in [-0.3, -0.25) is 4.79 Å². The Bertz CT molecular complexity index is 772. The Hall–Kier alpha value is -2.87. The van der Waals surface area contributed by atoms with Crippen LogP contribution in [-0.4, -0.2) is 12.9 Å². The van der Waals surface area contributed by atoms with E-state index in [0.717, 1.165) is 28.0 Å². The van der Waals surface area contributed by atoms with Gasteiger partial charge >= 0.3 is 0 Å². The number of carbonyl (C=O) groups excluding carboxylic acids is 1. The zero-order valence-corrected chi connectivity index (χ0v) is 13.0. The van der Waals surface area contributed by atoms with Crippen LogP contribution in [0.15, 0.2) is 78.9 Å². The van der Waals surface area contributed by atoms with Gasteiger partial charge in [0.25, 0.3) is 0 Å². The number of ketones is 1. The molecule has 0 heterocycles. The summed E-state index contributed by atoms with van der Waals surface area (Å²) in [5.41, 5.74) is 3.97. The molecule has 0 amide bonds. The second-order valence-electron chi connectivity index (χ2n) is 5.39. The molecule has 0 saturated carbocycles. The molecule has 3 rings (SSSR count). The predicted molar refractivity (Wildman–Crippen MR) is 92.9 cm³/mol. The number of hydrogen-bond acceptors (Lipinski definition) is 2. The van der Waals surface area contributed by atoms with Crippen LogP contribution in [0.25, 0.3) is 11.1 Å². The van der Waals surface area contributed by atoms with E-state index in [1.54, 1.807) is 7.11 Å². The Morgan fingerprint density at radius 3 is 1.91 bits per heavy atom. The van der Waals surface area contributed by atoms with Crippen molar-refractivity contribution in [3.05, 3.63) is 90.0 Å². The molecule has 0 atom stereocenters. The maximum Gasteiger partial charge on any atom is 0.167 e. The van der Waals surface area contributed by atoms with E-state index in [0.29, 0.717) is 6.42 Å². The highest BCUT2D eigenvalue weighted by Gasteiger charge is 2.07. The van der Waals surface area contributed by atoms with E-state index >= 15 is 0 Å². The first-order chi connectivity index (χ1) is 11.3. The normalized spacial score (nSPS) is 10.3. The van der Waals surface area contributed by atoms with Crippen molar-refractivity contribution in [3.8, 4) is 16.9 Å². The second-order valence-corrected chi connectivity index (χ2v) is 5.39. The van der Waals surface area contributed by atoms with Crippen molar-refractivity contribution in [1.82, 2.24) is 0 Å². The summed E-state index contributed by atoms with van der Waals surface area (Å²) in [6.45, 7) is 0. The minimum Gasteiger partial charge on any atom is -0.497 e. The van der Waals surface area contributed by atoms with Crippen molar-refractivity contribution in [2.45, 2.75) is 6.42 Å². The number of methoxy groups -OCH3 is 1. The molecule has 0 unspecified atom stereocenters. The monoisotopic (exact) mass is 302 g/mol. The van der Waals surface area contributed by atoms with Crippen LogP contribution in [0.2, 0.25) is 0 Å². The van der Waals surface area contributed by atoms with Gasteiger partial charge in [-0.2, -0.15) is 0 Å². The summed E-state index contributed by atoms with van der Waals surface area (Å²) < 4.78 is 5.17. The fraction of sp³-hybridized carbons (Fsp3) is 0.0952. The van der Waals surface area contributed by atoms with E-state index in [1.165, 1.54) is 0 Å². The summed E-state index contributed by atoms with van der Waals surface area (Å²) in [6.07, 6.45) is 0.433. The third-order valence-electron chi connectivity index (χ3n) is 3.84. The van der Waals surface area contributed by atoms with Crippen LogP contribution in [0.3, 0.4) is 0 Å². The number of rotatable bonds is 5. The molecule has 0 radical (unpaired) electrons. The number of carbonyl (C=O) groups is 1. The summed E-state index contributed by atoms with van der Waals surface area (Å²) in [6, 6.07) is 25.5. The van der Waals surface area contributed by atoms with E-state index in [-0.39, 0.29) is 5.78 Å². The molecule has 0 bridgehead atoms. The highest BCUT2D eigenvalue weighted by atomic mass is 16.5. The number of hydrogen-bond donors (Lipinski definition) is 0. The maximum absolute atomic E-state index is 12.3. The Morgan fingerprint density at radius 1 is 0.783 bits per heavy atom. The zero-order chi connectivity index (χ0) is 16.1. The van der Waals surface area contributed by atoms with E-state index < -0.39 is 0 Å². The Balaban J connectivity index is 1.74. The van der Waals surface area contributed by atoms with Crippen LogP contribution >= 0.6 is 0 Å². The van der Waals surface area contributed by atoms with Gasteiger partial charge in [0.2, 0.25) is 0 Å². The van der Waals surface area contributed by atoms with Crippen LogP contribution in [-0.2, 0) is 6.42 Å². The molecule has 114 valence electrons. The van der Waals surface area contributed by atoms with Crippen LogP contribution < -0.4 is 4.74 Å². The number of ether oxygens (including phenoxy) is 1. The highest BCUT2D eigenvalue weighted by molar-refractivity contribution is 5.97. The van der Waals surface area contributed by atoms with E-state index in [9.17, 15) is 4.79 Å². The van der Waals surface area contributed by atoms with Crippen molar-refractivity contribution < 1.29 is 9.53 Å². The van der Waals surface area contributed by atoms with Gasteiger partial charge in [0.15, 0.2) is 5.78 Å². The molecule has 0 N–H and O–H groups in total. The average molecular weight is 302 g/mol.